The second-order valence-electron chi connectivity index (χ2n) is 17.2. The molecule has 0 fully saturated rings. The van der Waals surface area contributed by atoms with Gasteiger partial charge in [-0.3, -0.25) is 0 Å². The van der Waals surface area contributed by atoms with E-state index in [-0.39, 0.29) is 15.9 Å². The summed E-state index contributed by atoms with van der Waals surface area (Å²) in [5.41, 5.74) is 17.6. The molecule has 3 heteroatoms. The van der Waals surface area contributed by atoms with Gasteiger partial charge in [0.1, 0.15) is 0 Å². The monoisotopic (exact) mass is 762 g/mol. The largest absolute Gasteiger partial charge is 0.387 e. The van der Waals surface area contributed by atoms with Gasteiger partial charge in [0.05, 0.1) is 11.0 Å². The summed E-state index contributed by atoms with van der Waals surface area (Å²) < 4.78 is 2.66. The molecule has 2 aliphatic heterocycles. The molecule has 3 aliphatic carbocycles. The second-order valence-corrected chi connectivity index (χ2v) is 18.8. The number of aromatic nitrogens is 1. The molecule has 278 valence electrons. The van der Waals surface area contributed by atoms with Gasteiger partial charge in [-0.15, -0.1) is 0 Å². The van der Waals surface area contributed by atoms with E-state index in [1.165, 1.54) is 110 Å². The summed E-state index contributed by atoms with van der Waals surface area (Å²) in [5, 5.41) is 12.0. The van der Waals surface area contributed by atoms with Crippen molar-refractivity contribution in [1.82, 2.24) is 9.88 Å². The van der Waals surface area contributed by atoms with Gasteiger partial charge in [0.25, 0.3) is 0 Å². The fourth-order valence-corrected chi connectivity index (χ4v) is 13.7. The molecule has 2 nitrogen and oxygen atoms in total. The highest BCUT2D eigenvalue weighted by atomic mass is 32.2. The average Bonchev–Trinajstić information content (AvgIpc) is 3.69. The van der Waals surface area contributed by atoms with E-state index in [0.29, 0.717) is 11.8 Å². The van der Waals surface area contributed by atoms with Gasteiger partial charge in [-0.05, 0) is 91.2 Å². The third-order valence-electron chi connectivity index (χ3n) is 14.3. The third-order valence-corrected chi connectivity index (χ3v) is 15.9. The normalized spacial score (nSPS) is 22.6. The maximum absolute atomic E-state index is 4.73. The highest BCUT2D eigenvalue weighted by molar-refractivity contribution is 8.13. The fourth-order valence-electron chi connectivity index (χ4n) is 11.9. The van der Waals surface area contributed by atoms with E-state index in [2.05, 4.69) is 175 Å². The van der Waals surface area contributed by atoms with Crippen LogP contribution < -0.4 is 5.32 Å². The molecule has 0 radical (unpaired) electrons. The van der Waals surface area contributed by atoms with E-state index < -0.39 is 0 Å². The van der Waals surface area contributed by atoms with Crippen LogP contribution in [0.15, 0.2) is 180 Å². The Morgan fingerprint density at radius 1 is 0.741 bits per heavy atom. The molecule has 5 aliphatic rings. The Morgan fingerprint density at radius 3 is 2.41 bits per heavy atom. The van der Waals surface area contributed by atoms with Crippen molar-refractivity contribution >= 4 is 59.7 Å². The van der Waals surface area contributed by atoms with Gasteiger partial charge in [-0.2, -0.15) is 10.5 Å². The lowest BCUT2D eigenvalue weighted by Gasteiger charge is -2.36. The first-order chi connectivity index (χ1) is 28.6. The Kier molecular flexibility index (Phi) is 6.77. The van der Waals surface area contributed by atoms with Gasteiger partial charge in [0.15, 0.2) is 0 Å². The first-order valence-electron chi connectivity index (χ1n) is 20.9. The van der Waals surface area contributed by atoms with E-state index in [1.54, 1.807) is 0 Å². The maximum atomic E-state index is 4.73. The molecule has 0 saturated carbocycles. The Bertz CT molecular complexity index is 3300. The van der Waals surface area contributed by atoms with Gasteiger partial charge >= 0.3 is 0 Å². The molecular weight excluding hydrogens is 721 g/mol. The number of nitrogens with one attached hydrogen (secondary N) is 1. The summed E-state index contributed by atoms with van der Waals surface area (Å²) in [7, 11) is -0.134. The number of rotatable bonds is 2. The summed E-state index contributed by atoms with van der Waals surface area (Å²) in [4.78, 5) is 1.39. The minimum Gasteiger partial charge on any atom is -0.387 e. The summed E-state index contributed by atoms with van der Waals surface area (Å²) in [6, 6.07) is 48.2. The van der Waals surface area contributed by atoms with Crippen LogP contribution in [0.2, 0.25) is 0 Å². The number of benzene rings is 7. The van der Waals surface area contributed by atoms with Crippen molar-refractivity contribution in [3.05, 3.63) is 191 Å². The SMILES string of the molecule is C=S1Cc2ccccc2-c2cccc(-c3ccc(-n4c5c6c(c7ccccc7c5c5ccc7ccccc7c54)C4CNC5=C(C=CCC5)C5=CC=CC6(C)C54)cc3)c21. The van der Waals surface area contributed by atoms with Gasteiger partial charge in [0.2, 0.25) is 0 Å². The Hall–Kier alpha value is -6.16. The van der Waals surface area contributed by atoms with Crippen LogP contribution >= 0.6 is 10.5 Å². The van der Waals surface area contributed by atoms with Crippen LogP contribution in [0.1, 0.15) is 42.4 Å². The van der Waals surface area contributed by atoms with Crippen LogP contribution in [0.5, 0.6) is 0 Å². The highest BCUT2D eigenvalue weighted by Crippen LogP contribution is 2.63. The van der Waals surface area contributed by atoms with E-state index >= 15 is 0 Å². The smallest absolute Gasteiger partial charge is 0.0619 e. The molecule has 1 aromatic heterocycles. The fraction of sp³-hybridized carbons (Fsp3) is 0.145. The van der Waals surface area contributed by atoms with E-state index in [1.807, 2.05) is 0 Å². The second kappa shape index (κ2) is 11.9. The van der Waals surface area contributed by atoms with Crippen molar-refractivity contribution in [1.29, 1.82) is 0 Å². The number of hydrogen-bond acceptors (Lipinski definition) is 1. The van der Waals surface area contributed by atoms with E-state index in [9.17, 15) is 0 Å². The molecule has 1 N–H and O–H groups in total. The lowest BCUT2D eigenvalue weighted by atomic mass is 9.66. The highest BCUT2D eigenvalue weighted by Gasteiger charge is 2.54. The van der Waals surface area contributed by atoms with Crippen molar-refractivity contribution in [2.45, 2.75) is 41.7 Å². The van der Waals surface area contributed by atoms with Crippen molar-refractivity contribution in [3.63, 3.8) is 0 Å². The van der Waals surface area contributed by atoms with Gasteiger partial charge in [-0.25, -0.2) is 0 Å². The lowest BCUT2D eigenvalue weighted by Crippen LogP contribution is -2.32. The first kappa shape index (κ1) is 32.9. The van der Waals surface area contributed by atoms with Gasteiger partial charge in [0, 0.05) is 62.0 Å². The Labute approximate surface area is 341 Å². The maximum Gasteiger partial charge on any atom is 0.0619 e. The number of allylic oxidation sites excluding steroid dienone is 8. The van der Waals surface area contributed by atoms with Crippen molar-refractivity contribution < 1.29 is 0 Å². The van der Waals surface area contributed by atoms with Gasteiger partial charge < -0.3 is 9.88 Å². The summed E-state index contributed by atoms with van der Waals surface area (Å²) in [5.74, 6) is 6.39. The van der Waals surface area contributed by atoms with E-state index in [4.69, 9.17) is 5.87 Å². The molecule has 13 rings (SSSR count). The first-order valence-corrected chi connectivity index (χ1v) is 22.4. The molecule has 58 heavy (non-hydrogen) atoms. The minimum absolute atomic E-state index is 0.134. The van der Waals surface area contributed by atoms with Crippen molar-refractivity contribution in [2.75, 3.05) is 6.54 Å². The lowest BCUT2D eigenvalue weighted by molar-refractivity contribution is 0.389. The molecule has 7 aromatic carbocycles. The average molecular weight is 763 g/mol. The Morgan fingerprint density at radius 2 is 1.52 bits per heavy atom. The summed E-state index contributed by atoms with van der Waals surface area (Å²) in [6.07, 6.45) is 14.3. The van der Waals surface area contributed by atoms with Crippen LogP contribution in [0, 0.1) is 5.92 Å². The molecule has 0 spiro atoms. The molecule has 4 atom stereocenters. The van der Waals surface area contributed by atoms with Crippen LogP contribution in [0.25, 0.3) is 71.3 Å². The zero-order valence-corrected chi connectivity index (χ0v) is 33.4. The molecule has 3 heterocycles. The minimum atomic E-state index is -0.201. The summed E-state index contributed by atoms with van der Waals surface area (Å²) >= 11 is 0. The molecule has 0 saturated heterocycles. The topological polar surface area (TPSA) is 17.0 Å². The predicted octanol–water partition coefficient (Wildman–Crippen LogP) is 13.7. The quantitative estimate of drug-likeness (QED) is 0.174. The Balaban J connectivity index is 1.11. The third kappa shape index (κ3) is 4.27. The van der Waals surface area contributed by atoms with E-state index in [0.717, 1.165) is 25.1 Å². The zero-order chi connectivity index (χ0) is 38.3. The standard InChI is InChI=1S/C55H42N2S/c1-55-30-12-22-43-40-17-9-10-23-47(40)56-31-46(50(43)55)48-41-18-7-8-19-42(41)49-45-29-26-33-13-3-6-16-38(33)52(45)57(53(49)51(48)55)36-27-24-34(25-28-36)39-20-11-21-44-37-15-5-4-14-35(37)32-58(2)54(39)44/h3-9,11-22,24-30,46,50,56H,2,10,23,31-32H2,1H3. The molecule has 8 aromatic rings. The molecule has 4 unspecified atom stereocenters. The zero-order valence-electron chi connectivity index (χ0n) is 32.6. The van der Waals surface area contributed by atoms with Gasteiger partial charge in [-0.1, -0.05) is 158 Å². The van der Waals surface area contributed by atoms with Crippen molar-refractivity contribution in [2.24, 2.45) is 5.92 Å². The number of hydrogen-bond donors (Lipinski definition) is 1. The van der Waals surface area contributed by atoms with Crippen LogP contribution in [-0.2, 0) is 11.2 Å². The molecule has 0 amide bonds. The van der Waals surface area contributed by atoms with Crippen LogP contribution in [0.3, 0.4) is 0 Å². The number of nitrogens with zero attached hydrogens (tertiary/aromatic N) is 1. The van der Waals surface area contributed by atoms with Crippen molar-refractivity contribution in [3.8, 4) is 27.9 Å². The number of fused-ring (bicyclic) bond motifs is 16. The molecule has 0 bridgehead atoms. The predicted molar refractivity (Wildman–Crippen MR) is 248 cm³/mol. The van der Waals surface area contributed by atoms with Crippen LogP contribution in [-0.4, -0.2) is 17.0 Å². The molecular formula is C55H42N2S. The van der Waals surface area contributed by atoms with Crippen LogP contribution in [0.4, 0.5) is 0 Å². The summed E-state index contributed by atoms with van der Waals surface area (Å²) in [6.45, 7) is 3.49.